The fraction of sp³-hybridized carbons (Fsp3) is 0.296. The van der Waals surface area contributed by atoms with Crippen LogP contribution in [0.3, 0.4) is 0 Å². The number of carbonyl (C=O) groups is 1. The van der Waals surface area contributed by atoms with Crippen LogP contribution in [0, 0.1) is 0 Å². The zero-order valence-corrected chi connectivity index (χ0v) is 23.1. The van der Waals surface area contributed by atoms with Gasteiger partial charge in [0.15, 0.2) is 5.82 Å². The minimum absolute atomic E-state index is 0.0510. The Kier molecular flexibility index (Phi) is 10.4. The lowest BCUT2D eigenvalue weighted by molar-refractivity contribution is -0.274. The second-order valence-corrected chi connectivity index (χ2v) is 10.5. The molecule has 216 valence electrons. The minimum atomic E-state index is -4.78. The number of halogens is 4. The normalized spacial score (nSPS) is 12.1. The molecule has 0 aliphatic rings. The Balaban J connectivity index is 1.15. The summed E-state index contributed by atoms with van der Waals surface area (Å²) < 4.78 is 41.2. The van der Waals surface area contributed by atoms with Gasteiger partial charge in [0, 0.05) is 17.9 Å². The van der Waals surface area contributed by atoms with Crippen LogP contribution in [-0.4, -0.2) is 44.0 Å². The molecular formula is C27H26ClF3N6O3S. The van der Waals surface area contributed by atoms with E-state index in [1.807, 2.05) is 12.1 Å². The number of alkyl halides is 3. The number of nitrogens with one attached hydrogen (secondary N) is 2. The van der Waals surface area contributed by atoms with Crippen molar-refractivity contribution in [1.29, 1.82) is 0 Å². The maximum Gasteiger partial charge on any atom is 0.573 e. The van der Waals surface area contributed by atoms with Crippen molar-refractivity contribution >= 4 is 39.8 Å². The van der Waals surface area contributed by atoms with Gasteiger partial charge in [0.2, 0.25) is 11.0 Å². The van der Waals surface area contributed by atoms with Gasteiger partial charge < -0.3 is 20.5 Å². The third-order valence-electron chi connectivity index (χ3n) is 5.63. The van der Waals surface area contributed by atoms with Gasteiger partial charge in [-0.1, -0.05) is 47.2 Å². The summed E-state index contributed by atoms with van der Waals surface area (Å²) in [5, 5.41) is 34.0. The molecule has 4 rings (SSSR count). The molecule has 0 saturated heterocycles. The Morgan fingerprint density at radius 3 is 2.51 bits per heavy atom. The molecule has 0 aliphatic carbocycles. The number of carbonyl (C=O) groups excluding carboxylic acids is 1. The molecule has 2 aromatic carbocycles. The highest BCUT2D eigenvalue weighted by Crippen LogP contribution is 2.24. The molecule has 14 heteroatoms. The average molecular weight is 607 g/mol. The first-order chi connectivity index (χ1) is 19.6. The number of hydrogen-bond donors (Lipinski definition) is 3. The van der Waals surface area contributed by atoms with E-state index in [4.69, 9.17) is 11.6 Å². The zero-order chi connectivity index (χ0) is 29.2. The highest BCUT2D eigenvalue weighted by Gasteiger charge is 2.31. The first-order valence-corrected chi connectivity index (χ1v) is 13.8. The topological polar surface area (TPSA) is 122 Å². The molecule has 3 N–H and O–H groups in total. The highest BCUT2D eigenvalue weighted by molar-refractivity contribution is 7.15. The Bertz CT molecular complexity index is 1440. The summed E-state index contributed by atoms with van der Waals surface area (Å²) in [5.41, 5.74) is 2.07. The first kappa shape index (κ1) is 30.2. The van der Waals surface area contributed by atoms with Crippen LogP contribution in [0.15, 0.2) is 60.7 Å². The molecule has 0 aliphatic heterocycles. The summed E-state index contributed by atoms with van der Waals surface area (Å²) in [7, 11) is 0. The molecule has 1 atom stereocenters. The predicted molar refractivity (Wildman–Crippen MR) is 149 cm³/mol. The van der Waals surface area contributed by atoms with Crippen LogP contribution in [0.5, 0.6) is 5.75 Å². The molecule has 41 heavy (non-hydrogen) atoms. The molecule has 1 amide bonds. The van der Waals surface area contributed by atoms with Crippen molar-refractivity contribution in [3.8, 4) is 5.75 Å². The molecule has 4 aromatic rings. The number of aryl methyl sites for hydroxylation is 2. The van der Waals surface area contributed by atoms with E-state index in [0.29, 0.717) is 34.4 Å². The number of nitrogens with zero attached hydrogens (tertiary/aromatic N) is 4. The first-order valence-electron chi connectivity index (χ1n) is 12.6. The quantitative estimate of drug-likeness (QED) is 0.133. The Morgan fingerprint density at radius 1 is 0.976 bits per heavy atom. The average Bonchev–Trinajstić information content (AvgIpc) is 3.33. The number of aromatic nitrogens is 4. The van der Waals surface area contributed by atoms with Gasteiger partial charge in [-0.2, -0.15) is 5.10 Å². The van der Waals surface area contributed by atoms with Crippen molar-refractivity contribution in [2.75, 3.05) is 10.6 Å². The van der Waals surface area contributed by atoms with Gasteiger partial charge in [0.25, 0.3) is 0 Å². The molecule has 0 radical (unpaired) electrons. The van der Waals surface area contributed by atoms with Gasteiger partial charge in [-0.3, -0.25) is 4.79 Å². The molecule has 2 heterocycles. The Morgan fingerprint density at radius 2 is 1.76 bits per heavy atom. The third-order valence-corrected chi connectivity index (χ3v) is 6.78. The van der Waals surface area contributed by atoms with Crippen molar-refractivity contribution in [3.63, 3.8) is 0 Å². The summed E-state index contributed by atoms with van der Waals surface area (Å²) in [6.45, 7) is 0. The zero-order valence-electron chi connectivity index (χ0n) is 21.6. The predicted octanol–water partition coefficient (Wildman–Crippen LogP) is 5.60. The van der Waals surface area contributed by atoms with Gasteiger partial charge in [-0.05, 0) is 66.8 Å². The lowest BCUT2D eigenvalue weighted by atomic mass is 10.1. The van der Waals surface area contributed by atoms with Crippen LogP contribution < -0.4 is 15.4 Å². The number of benzene rings is 2. The van der Waals surface area contributed by atoms with Gasteiger partial charge >= 0.3 is 6.36 Å². The van der Waals surface area contributed by atoms with Gasteiger partial charge in [0.1, 0.15) is 17.0 Å². The van der Waals surface area contributed by atoms with E-state index in [2.05, 4.69) is 35.8 Å². The summed E-state index contributed by atoms with van der Waals surface area (Å²) in [6, 6.07) is 16.1. The van der Waals surface area contributed by atoms with Crippen molar-refractivity contribution in [3.05, 3.63) is 87.5 Å². The smallest absolute Gasteiger partial charge is 0.406 e. The van der Waals surface area contributed by atoms with E-state index < -0.39 is 12.6 Å². The van der Waals surface area contributed by atoms with Crippen molar-refractivity contribution in [2.45, 2.75) is 51.1 Å². The van der Waals surface area contributed by atoms with Crippen molar-refractivity contribution in [2.24, 2.45) is 0 Å². The van der Waals surface area contributed by atoms with Crippen LogP contribution >= 0.6 is 22.9 Å². The largest absolute Gasteiger partial charge is 0.573 e. The maximum absolute atomic E-state index is 12.4. The molecule has 0 bridgehead atoms. The summed E-state index contributed by atoms with van der Waals surface area (Å²) in [5.74, 6) is -0.185. The summed E-state index contributed by atoms with van der Waals surface area (Å²) in [6.07, 6.45) is -2.59. The van der Waals surface area contributed by atoms with Crippen molar-refractivity contribution < 1.29 is 27.8 Å². The third kappa shape index (κ3) is 10.6. The number of aliphatic hydroxyl groups excluding tert-OH is 1. The molecule has 2 aromatic heterocycles. The lowest BCUT2D eigenvalue weighted by Crippen LogP contribution is -2.21. The highest BCUT2D eigenvalue weighted by atomic mass is 35.5. The second-order valence-electron chi connectivity index (χ2n) is 9.03. The van der Waals surface area contributed by atoms with Crippen LogP contribution in [0.2, 0.25) is 5.02 Å². The van der Waals surface area contributed by atoms with Crippen LogP contribution in [0.4, 0.5) is 24.1 Å². The maximum atomic E-state index is 12.4. The van der Waals surface area contributed by atoms with E-state index in [1.54, 1.807) is 30.3 Å². The van der Waals surface area contributed by atoms with E-state index in [9.17, 15) is 23.1 Å². The molecule has 9 nitrogen and oxygen atoms in total. The standard InChI is InChI=1S/C27H26ClF3N6O3S/c28-19-7-3-5-17(13-19)15-23(38)32-22-12-11-20(34-35-22)8-1-2-10-25-36-37-26(41-25)33-24(39)16-18-6-4-9-21(14-18)40-27(29,30)31/h3-7,9,11-14,24,39H,1-2,8,10,15-16H2,(H,33,37)(H,32,35,38). The minimum Gasteiger partial charge on any atom is -0.406 e. The second kappa shape index (κ2) is 14.2. The summed E-state index contributed by atoms with van der Waals surface area (Å²) >= 11 is 7.25. The van der Waals surface area contributed by atoms with Gasteiger partial charge in [-0.25, -0.2) is 0 Å². The fourth-order valence-electron chi connectivity index (χ4n) is 3.86. The molecule has 0 fully saturated rings. The number of unbranched alkanes of at least 4 members (excludes halogenated alkanes) is 1. The number of anilines is 2. The van der Waals surface area contributed by atoms with E-state index in [0.717, 1.165) is 29.1 Å². The van der Waals surface area contributed by atoms with Crippen LogP contribution in [-0.2, 0) is 30.5 Å². The number of ether oxygens (including phenoxy) is 1. The van der Waals surface area contributed by atoms with Gasteiger partial charge in [-0.15, -0.1) is 28.5 Å². The molecular weight excluding hydrogens is 581 g/mol. The Labute approximate surface area is 242 Å². The van der Waals surface area contributed by atoms with Crippen LogP contribution in [0.1, 0.15) is 34.7 Å². The number of amides is 1. The molecule has 0 saturated carbocycles. The van der Waals surface area contributed by atoms with E-state index in [1.165, 1.54) is 29.5 Å². The van der Waals surface area contributed by atoms with E-state index >= 15 is 0 Å². The van der Waals surface area contributed by atoms with Crippen LogP contribution in [0.25, 0.3) is 0 Å². The fourth-order valence-corrected chi connectivity index (χ4v) is 4.90. The number of aliphatic hydroxyl groups is 1. The lowest BCUT2D eigenvalue weighted by Gasteiger charge is -2.13. The summed E-state index contributed by atoms with van der Waals surface area (Å²) in [4.78, 5) is 12.2. The number of rotatable bonds is 13. The van der Waals surface area contributed by atoms with Gasteiger partial charge in [0.05, 0.1) is 12.1 Å². The Hall–Kier alpha value is -3.81. The SMILES string of the molecule is O=C(Cc1cccc(Cl)c1)Nc1ccc(CCCCc2nnc(NC(O)Cc3cccc(OC(F)(F)F)c3)s2)nn1. The molecule has 0 spiro atoms. The van der Waals surface area contributed by atoms with E-state index in [-0.39, 0.29) is 24.5 Å². The monoisotopic (exact) mass is 606 g/mol. The van der Waals surface area contributed by atoms with Crippen molar-refractivity contribution in [1.82, 2.24) is 20.4 Å². The molecule has 1 unspecified atom stereocenters. The number of hydrogen-bond acceptors (Lipinski definition) is 9.